The number of ether oxygens (including phenoxy) is 1. The van der Waals surface area contributed by atoms with E-state index in [1.54, 1.807) is 6.07 Å². The van der Waals surface area contributed by atoms with E-state index in [9.17, 15) is 10.1 Å². The first-order valence-electron chi connectivity index (χ1n) is 9.57. The summed E-state index contributed by atoms with van der Waals surface area (Å²) < 4.78 is 5.52. The molecular weight excluding hydrogens is 328 g/mol. The number of hydrogen-bond donors (Lipinski definition) is 1. The average molecular weight is 356 g/mol. The predicted octanol–water partition coefficient (Wildman–Crippen LogP) is 3.09. The molecule has 1 atom stereocenters. The molecule has 1 saturated carbocycles. The van der Waals surface area contributed by atoms with Crippen molar-refractivity contribution in [3.8, 4) is 6.07 Å². The van der Waals surface area contributed by atoms with Crippen molar-refractivity contribution in [1.29, 1.82) is 5.26 Å². The van der Waals surface area contributed by atoms with Crippen molar-refractivity contribution in [2.75, 3.05) is 31.7 Å². The number of carbonyl (C=O) groups is 1. The maximum absolute atomic E-state index is 13.2. The molecule has 2 fully saturated rings. The van der Waals surface area contributed by atoms with E-state index in [1.165, 1.54) is 12.8 Å². The second kappa shape index (κ2) is 9.02. The molecule has 140 valence electrons. The first-order chi connectivity index (χ1) is 12.7. The van der Waals surface area contributed by atoms with Gasteiger partial charge in [0.2, 0.25) is 0 Å². The van der Waals surface area contributed by atoms with Crippen LogP contribution in [0, 0.1) is 11.3 Å². The number of nitriles is 1. The lowest BCUT2D eigenvalue weighted by Gasteiger charge is -2.37. The van der Waals surface area contributed by atoms with E-state index in [1.807, 2.05) is 30.1 Å². The van der Waals surface area contributed by atoms with Crippen molar-refractivity contribution in [3.05, 3.63) is 29.8 Å². The third-order valence-corrected chi connectivity index (χ3v) is 5.35. The Labute approximate surface area is 155 Å². The summed E-state index contributed by atoms with van der Waals surface area (Å²) in [5.41, 5.74) is 1.37. The molecule has 1 aliphatic carbocycles. The maximum Gasteiger partial charge on any atom is 0.323 e. The largest absolute Gasteiger partial charge is 0.377 e. The van der Waals surface area contributed by atoms with Crippen molar-refractivity contribution < 1.29 is 9.53 Å². The molecule has 26 heavy (non-hydrogen) atoms. The van der Waals surface area contributed by atoms with Crippen LogP contribution < -0.4 is 10.2 Å². The topological polar surface area (TPSA) is 68.6 Å². The number of nitrogens with one attached hydrogen (secondary N) is 1. The second-order valence-corrected chi connectivity index (χ2v) is 7.20. The first-order valence-corrected chi connectivity index (χ1v) is 9.57. The zero-order chi connectivity index (χ0) is 18.4. The smallest absolute Gasteiger partial charge is 0.323 e. The van der Waals surface area contributed by atoms with E-state index in [0.29, 0.717) is 18.8 Å². The standard InChI is InChI=1S/C20H28N4O2/c1-23-11-12-26-15-19(23)22-20(25)24(17-8-4-2-3-5-9-17)18-10-6-7-16(13-18)14-21/h6-7,10,13,17,19H,2-5,8-9,11-12,15H2,1H3,(H,22,25). The summed E-state index contributed by atoms with van der Waals surface area (Å²) in [4.78, 5) is 17.2. The summed E-state index contributed by atoms with van der Waals surface area (Å²) in [7, 11) is 2.00. The molecule has 6 heteroatoms. The lowest BCUT2D eigenvalue weighted by atomic mass is 10.1. The number of carbonyl (C=O) groups excluding carboxylic acids is 1. The highest BCUT2D eigenvalue weighted by molar-refractivity contribution is 5.93. The van der Waals surface area contributed by atoms with Crippen molar-refractivity contribution in [3.63, 3.8) is 0 Å². The summed E-state index contributed by atoms with van der Waals surface area (Å²) in [6.07, 6.45) is 6.61. The van der Waals surface area contributed by atoms with Gasteiger partial charge in [-0.3, -0.25) is 9.80 Å². The van der Waals surface area contributed by atoms with Gasteiger partial charge in [0, 0.05) is 18.3 Å². The van der Waals surface area contributed by atoms with Crippen molar-refractivity contribution in [2.45, 2.75) is 50.7 Å². The third-order valence-electron chi connectivity index (χ3n) is 5.35. The highest BCUT2D eigenvalue weighted by Crippen LogP contribution is 2.27. The lowest BCUT2D eigenvalue weighted by molar-refractivity contribution is -0.00229. The van der Waals surface area contributed by atoms with E-state index < -0.39 is 0 Å². The van der Waals surface area contributed by atoms with Crippen molar-refractivity contribution in [1.82, 2.24) is 10.2 Å². The minimum atomic E-state index is -0.122. The van der Waals surface area contributed by atoms with E-state index in [-0.39, 0.29) is 18.2 Å². The van der Waals surface area contributed by atoms with E-state index >= 15 is 0 Å². The molecule has 6 nitrogen and oxygen atoms in total. The highest BCUT2D eigenvalue weighted by Gasteiger charge is 2.29. The van der Waals surface area contributed by atoms with Gasteiger partial charge in [0.25, 0.3) is 0 Å². The second-order valence-electron chi connectivity index (χ2n) is 7.20. The van der Waals surface area contributed by atoms with Crippen LogP contribution in [0.15, 0.2) is 24.3 Å². The number of benzene rings is 1. The number of hydrogen-bond acceptors (Lipinski definition) is 4. The molecule has 1 aromatic carbocycles. The van der Waals surface area contributed by atoms with Gasteiger partial charge >= 0.3 is 6.03 Å². The molecule has 3 rings (SSSR count). The van der Waals surface area contributed by atoms with Gasteiger partial charge < -0.3 is 10.1 Å². The highest BCUT2D eigenvalue weighted by atomic mass is 16.5. The van der Waals surface area contributed by atoms with Crippen LogP contribution in [0.4, 0.5) is 10.5 Å². The summed E-state index contributed by atoms with van der Waals surface area (Å²) in [5.74, 6) is 0. The van der Waals surface area contributed by atoms with E-state index in [4.69, 9.17) is 4.74 Å². The molecule has 1 unspecified atom stereocenters. The molecule has 1 aromatic rings. The molecule has 1 saturated heterocycles. The minimum absolute atomic E-state index is 0.102. The van der Waals surface area contributed by atoms with Crippen LogP contribution in [0.2, 0.25) is 0 Å². The Morgan fingerprint density at radius 2 is 2.08 bits per heavy atom. The van der Waals surface area contributed by atoms with Gasteiger partial charge in [-0.2, -0.15) is 5.26 Å². The van der Waals surface area contributed by atoms with Gasteiger partial charge in [0.15, 0.2) is 0 Å². The van der Waals surface area contributed by atoms with E-state index in [0.717, 1.165) is 37.9 Å². The molecule has 1 N–H and O–H groups in total. The lowest BCUT2D eigenvalue weighted by Crippen LogP contribution is -2.57. The number of amides is 2. The quantitative estimate of drug-likeness (QED) is 0.845. The molecule has 0 aromatic heterocycles. The number of likely N-dealkylation sites (N-methyl/N-ethyl adjacent to an activating group) is 1. The number of anilines is 1. The van der Waals surface area contributed by atoms with Crippen molar-refractivity contribution in [2.24, 2.45) is 0 Å². The van der Waals surface area contributed by atoms with Gasteiger partial charge in [0.05, 0.1) is 24.8 Å². The Kier molecular flexibility index (Phi) is 6.48. The summed E-state index contributed by atoms with van der Waals surface area (Å²) in [6, 6.07) is 9.60. The maximum atomic E-state index is 13.2. The molecular formula is C20H28N4O2. The molecule has 0 radical (unpaired) electrons. The Morgan fingerprint density at radius 1 is 1.31 bits per heavy atom. The SMILES string of the molecule is CN1CCOCC1NC(=O)N(c1cccc(C#N)c1)C1CCCCCC1. The monoisotopic (exact) mass is 356 g/mol. The number of urea groups is 1. The molecule has 2 amide bonds. The van der Waals surface area contributed by atoms with Gasteiger partial charge in [-0.25, -0.2) is 4.79 Å². The Bertz CT molecular complexity index is 649. The number of nitrogens with zero attached hydrogens (tertiary/aromatic N) is 3. The molecule has 0 spiro atoms. The molecule has 1 aliphatic heterocycles. The van der Waals surface area contributed by atoms with Gasteiger partial charge in [0.1, 0.15) is 6.17 Å². The minimum Gasteiger partial charge on any atom is -0.377 e. The summed E-state index contributed by atoms with van der Waals surface area (Å²) in [6.45, 7) is 2.00. The normalized spacial score (nSPS) is 22.2. The van der Waals surface area contributed by atoms with Crippen LogP contribution in [-0.2, 0) is 4.74 Å². The van der Waals surface area contributed by atoms with E-state index in [2.05, 4.69) is 16.3 Å². The fourth-order valence-corrected chi connectivity index (χ4v) is 3.79. The zero-order valence-electron chi connectivity index (χ0n) is 15.5. The van der Waals surface area contributed by atoms with Crippen LogP contribution >= 0.6 is 0 Å². The van der Waals surface area contributed by atoms with Crippen LogP contribution in [0.1, 0.15) is 44.1 Å². The zero-order valence-corrected chi connectivity index (χ0v) is 15.5. The fourth-order valence-electron chi connectivity index (χ4n) is 3.79. The summed E-state index contributed by atoms with van der Waals surface area (Å²) >= 11 is 0. The number of rotatable bonds is 3. The van der Waals surface area contributed by atoms with Crippen LogP contribution in [0.5, 0.6) is 0 Å². The Morgan fingerprint density at radius 3 is 2.77 bits per heavy atom. The van der Waals surface area contributed by atoms with Crippen LogP contribution in [0.25, 0.3) is 0 Å². The molecule has 0 bridgehead atoms. The first kappa shape index (κ1) is 18.7. The number of morpholine rings is 1. The Balaban J connectivity index is 1.83. The van der Waals surface area contributed by atoms with Crippen molar-refractivity contribution >= 4 is 11.7 Å². The molecule has 1 heterocycles. The van der Waals surface area contributed by atoms with Gasteiger partial charge in [-0.05, 0) is 38.1 Å². The molecule has 2 aliphatic rings. The third kappa shape index (κ3) is 4.54. The fraction of sp³-hybridized carbons (Fsp3) is 0.600. The predicted molar refractivity (Wildman–Crippen MR) is 101 cm³/mol. The van der Waals surface area contributed by atoms with Crippen LogP contribution in [0.3, 0.4) is 0 Å². The Hall–Kier alpha value is -2.10. The van der Waals surface area contributed by atoms with Gasteiger partial charge in [-0.1, -0.05) is 31.7 Å². The van der Waals surface area contributed by atoms with Crippen LogP contribution in [-0.4, -0.2) is 49.9 Å². The summed E-state index contributed by atoms with van der Waals surface area (Å²) in [5, 5.41) is 12.4. The average Bonchev–Trinajstić information content (AvgIpc) is 2.93. The van der Waals surface area contributed by atoms with Gasteiger partial charge in [-0.15, -0.1) is 0 Å².